The molecule has 0 spiro atoms. The lowest BCUT2D eigenvalue weighted by Gasteiger charge is -2.21. The molecule has 0 aliphatic carbocycles. The Hall–Kier alpha value is -3.48. The van der Waals surface area contributed by atoms with Crippen LogP contribution >= 0.6 is 0 Å². The quantitative estimate of drug-likeness (QED) is 0.448. The molecule has 3 rings (SSSR count). The van der Waals surface area contributed by atoms with Gasteiger partial charge in [0.1, 0.15) is 5.54 Å². The van der Waals surface area contributed by atoms with E-state index in [0.29, 0.717) is 22.7 Å². The second-order valence-electron chi connectivity index (χ2n) is 8.38. The van der Waals surface area contributed by atoms with Crippen molar-refractivity contribution >= 4 is 29.3 Å². The number of urea groups is 1. The molecule has 2 aromatic carbocycles. The number of rotatable bonds is 8. The van der Waals surface area contributed by atoms with Crippen LogP contribution in [0.1, 0.15) is 55.1 Å². The summed E-state index contributed by atoms with van der Waals surface area (Å²) in [6.07, 6.45) is 1.11. The van der Waals surface area contributed by atoms with Crippen molar-refractivity contribution in [2.45, 2.75) is 45.6 Å². The van der Waals surface area contributed by atoms with E-state index in [-0.39, 0.29) is 24.5 Å². The van der Waals surface area contributed by atoms with Crippen LogP contribution in [-0.4, -0.2) is 23.6 Å². The molecule has 1 aliphatic heterocycles. The van der Waals surface area contributed by atoms with Gasteiger partial charge < -0.3 is 10.6 Å². The fourth-order valence-corrected chi connectivity index (χ4v) is 3.55. The van der Waals surface area contributed by atoms with E-state index in [2.05, 4.69) is 29.8 Å². The number of ketones is 1. The predicted molar refractivity (Wildman–Crippen MR) is 118 cm³/mol. The number of carbonyl (C=O) groups excluding carboxylic acids is 4. The van der Waals surface area contributed by atoms with E-state index < -0.39 is 17.5 Å². The number of anilines is 1. The van der Waals surface area contributed by atoms with Crippen molar-refractivity contribution in [2.24, 2.45) is 5.92 Å². The van der Waals surface area contributed by atoms with Crippen molar-refractivity contribution in [3.63, 3.8) is 0 Å². The van der Waals surface area contributed by atoms with Gasteiger partial charge in [-0.25, -0.2) is 4.79 Å². The molecular weight excluding hydrogens is 394 g/mol. The number of nitrogens with one attached hydrogen (secondary N) is 3. The number of Topliss-reactive ketones (excluding diaryl/α,β-unsaturated/α-hetero) is 1. The Bertz CT molecular complexity index is 1010. The summed E-state index contributed by atoms with van der Waals surface area (Å²) in [5.74, 6) is -0.290. The Kier molecular flexibility index (Phi) is 6.53. The minimum absolute atomic E-state index is 0.0469. The predicted octanol–water partition coefficient (Wildman–Crippen LogP) is 3.54. The van der Waals surface area contributed by atoms with Gasteiger partial charge in [-0.1, -0.05) is 50.2 Å². The first-order chi connectivity index (χ1) is 14.7. The molecule has 3 N–H and O–H groups in total. The summed E-state index contributed by atoms with van der Waals surface area (Å²) < 4.78 is 0. The van der Waals surface area contributed by atoms with Gasteiger partial charge in [0, 0.05) is 24.1 Å². The lowest BCUT2D eigenvalue weighted by atomic mass is 9.92. The number of carbonyl (C=O) groups is 4. The van der Waals surface area contributed by atoms with E-state index in [1.807, 2.05) is 24.3 Å². The summed E-state index contributed by atoms with van der Waals surface area (Å²) in [7, 11) is 0. The molecule has 4 amide bonds. The van der Waals surface area contributed by atoms with Crippen LogP contribution in [0.2, 0.25) is 0 Å². The molecule has 1 fully saturated rings. The molecule has 2 aromatic rings. The lowest BCUT2D eigenvalue weighted by Crippen LogP contribution is -2.40. The summed E-state index contributed by atoms with van der Waals surface area (Å²) in [6.45, 7) is 5.89. The van der Waals surface area contributed by atoms with Gasteiger partial charge >= 0.3 is 6.03 Å². The Morgan fingerprint density at radius 2 is 1.74 bits per heavy atom. The first-order valence-corrected chi connectivity index (χ1v) is 10.3. The molecular formula is C24H27N3O4. The lowest BCUT2D eigenvalue weighted by molar-refractivity contribution is -0.123. The highest BCUT2D eigenvalue weighted by Gasteiger charge is 2.43. The van der Waals surface area contributed by atoms with Gasteiger partial charge in [0.15, 0.2) is 5.78 Å². The number of hydrogen-bond acceptors (Lipinski definition) is 4. The van der Waals surface area contributed by atoms with Crippen LogP contribution in [0, 0.1) is 5.92 Å². The third-order valence-electron chi connectivity index (χ3n) is 5.27. The minimum Gasteiger partial charge on any atom is -0.326 e. The Balaban J connectivity index is 1.57. The third kappa shape index (κ3) is 5.36. The molecule has 0 aromatic heterocycles. The van der Waals surface area contributed by atoms with Gasteiger partial charge in [-0.2, -0.15) is 0 Å². The van der Waals surface area contributed by atoms with Gasteiger partial charge in [0.05, 0.1) is 0 Å². The molecule has 31 heavy (non-hydrogen) atoms. The Morgan fingerprint density at radius 3 is 2.35 bits per heavy atom. The van der Waals surface area contributed by atoms with E-state index in [0.717, 1.165) is 6.42 Å². The maximum Gasteiger partial charge on any atom is 0.322 e. The Labute approximate surface area is 181 Å². The largest absolute Gasteiger partial charge is 0.326 e. The van der Waals surface area contributed by atoms with E-state index in [1.165, 1.54) is 5.56 Å². The summed E-state index contributed by atoms with van der Waals surface area (Å²) in [5.41, 5.74) is 1.62. The fraction of sp³-hybridized carbons (Fsp3) is 0.333. The minimum atomic E-state index is -1.20. The average molecular weight is 421 g/mol. The molecule has 0 radical (unpaired) electrons. The number of imide groups is 1. The maximum atomic E-state index is 12.4. The number of amides is 4. The molecule has 1 saturated heterocycles. The molecule has 1 unspecified atom stereocenters. The molecule has 162 valence electrons. The topological polar surface area (TPSA) is 104 Å². The molecule has 7 nitrogen and oxygen atoms in total. The molecule has 0 saturated carbocycles. The zero-order valence-electron chi connectivity index (χ0n) is 18.0. The van der Waals surface area contributed by atoms with Crippen molar-refractivity contribution < 1.29 is 19.2 Å². The second-order valence-corrected chi connectivity index (χ2v) is 8.38. The van der Waals surface area contributed by atoms with Crippen molar-refractivity contribution in [3.8, 4) is 0 Å². The smallest absolute Gasteiger partial charge is 0.322 e. The summed E-state index contributed by atoms with van der Waals surface area (Å²) in [6, 6.07) is 13.7. The molecule has 1 aliphatic rings. The standard InChI is InChI=1S/C24H27N3O4/c1-15(2)13-16-7-9-17(10-8-16)20(28)11-12-21(29)25-19-6-4-5-18(14-19)24(3)22(30)26-23(31)27-24/h4-10,14-15H,11-13H2,1-3H3,(H,25,29)(H2,26,27,30,31). The van der Waals surface area contributed by atoms with Crippen molar-refractivity contribution in [1.29, 1.82) is 0 Å². The zero-order chi connectivity index (χ0) is 22.6. The molecule has 1 atom stereocenters. The van der Waals surface area contributed by atoms with Crippen LogP contribution in [0.3, 0.4) is 0 Å². The van der Waals surface area contributed by atoms with Crippen LogP contribution < -0.4 is 16.0 Å². The van der Waals surface area contributed by atoms with Gasteiger partial charge in [-0.3, -0.25) is 19.7 Å². The highest BCUT2D eigenvalue weighted by molar-refractivity contribution is 6.07. The van der Waals surface area contributed by atoms with Crippen LogP contribution in [0.25, 0.3) is 0 Å². The second kappa shape index (κ2) is 9.12. The van der Waals surface area contributed by atoms with Gasteiger partial charge in [0.25, 0.3) is 5.91 Å². The van der Waals surface area contributed by atoms with Crippen molar-refractivity contribution in [2.75, 3.05) is 5.32 Å². The summed E-state index contributed by atoms with van der Waals surface area (Å²) >= 11 is 0. The monoisotopic (exact) mass is 421 g/mol. The van der Waals surface area contributed by atoms with Crippen LogP contribution in [0.5, 0.6) is 0 Å². The molecule has 1 heterocycles. The SMILES string of the molecule is CC(C)Cc1ccc(C(=O)CCC(=O)Nc2cccc(C3(C)NC(=O)NC3=O)c2)cc1. The fourth-order valence-electron chi connectivity index (χ4n) is 3.55. The zero-order valence-corrected chi connectivity index (χ0v) is 18.0. The maximum absolute atomic E-state index is 12.4. The van der Waals surface area contributed by atoms with Crippen molar-refractivity contribution in [1.82, 2.24) is 10.6 Å². The first kappa shape index (κ1) is 22.2. The van der Waals surface area contributed by atoms with Crippen LogP contribution in [0.4, 0.5) is 10.5 Å². The van der Waals surface area contributed by atoms with Crippen molar-refractivity contribution in [3.05, 3.63) is 65.2 Å². The summed E-state index contributed by atoms with van der Waals surface area (Å²) in [4.78, 5) is 48.3. The molecule has 7 heteroatoms. The van der Waals surface area contributed by atoms with Crippen LogP contribution in [0.15, 0.2) is 48.5 Å². The van der Waals surface area contributed by atoms with Crippen LogP contribution in [-0.2, 0) is 21.5 Å². The van der Waals surface area contributed by atoms with Gasteiger partial charge in [0.2, 0.25) is 5.91 Å². The Morgan fingerprint density at radius 1 is 1.03 bits per heavy atom. The average Bonchev–Trinajstić information content (AvgIpc) is 2.99. The van der Waals surface area contributed by atoms with Gasteiger partial charge in [-0.05, 0) is 42.5 Å². The summed E-state index contributed by atoms with van der Waals surface area (Å²) in [5, 5.41) is 7.56. The van der Waals surface area contributed by atoms with E-state index in [9.17, 15) is 19.2 Å². The highest BCUT2D eigenvalue weighted by atomic mass is 16.2. The van der Waals surface area contributed by atoms with E-state index in [4.69, 9.17) is 0 Å². The first-order valence-electron chi connectivity index (χ1n) is 10.3. The number of benzene rings is 2. The van der Waals surface area contributed by atoms with E-state index in [1.54, 1.807) is 31.2 Å². The van der Waals surface area contributed by atoms with E-state index >= 15 is 0 Å². The normalized spacial score (nSPS) is 17.9. The number of hydrogen-bond donors (Lipinski definition) is 3. The molecule has 0 bridgehead atoms. The highest BCUT2D eigenvalue weighted by Crippen LogP contribution is 2.26. The van der Waals surface area contributed by atoms with Gasteiger partial charge in [-0.15, -0.1) is 0 Å². The third-order valence-corrected chi connectivity index (χ3v) is 5.27.